The maximum Gasteiger partial charge on any atom is 0.328 e. The number of carbonyl (C=O) groups is 3. The first kappa shape index (κ1) is 13.3. The molecule has 4 aliphatic rings. The molecule has 0 spiro atoms. The molecule has 0 aromatic carbocycles. The van der Waals surface area contributed by atoms with Crippen molar-refractivity contribution in [3.05, 3.63) is 11.6 Å². The average Bonchev–Trinajstić information content (AvgIpc) is 2.37. The molecule has 108 valence electrons. The molecule has 2 atom stereocenters. The zero-order valence-electron chi connectivity index (χ0n) is 11.6. The minimum atomic E-state index is -1.24. The molecular weight excluding hydrogens is 260 g/mol. The maximum absolute atomic E-state index is 11.6. The van der Waals surface area contributed by atoms with E-state index < -0.39 is 23.9 Å². The number of barbiturate groups is 1. The molecule has 4 rings (SSSR count). The number of urea groups is 1. The number of hydrogen-bond acceptors (Lipinski definition) is 4. The molecule has 0 radical (unpaired) electrons. The van der Waals surface area contributed by atoms with Gasteiger partial charge in [-0.15, -0.1) is 0 Å². The minimum absolute atomic E-state index is 0.264. The Morgan fingerprint density at radius 1 is 1.25 bits per heavy atom. The van der Waals surface area contributed by atoms with Crippen molar-refractivity contribution >= 4 is 17.8 Å². The molecule has 2 N–H and O–H groups in total. The monoisotopic (exact) mass is 278 g/mol. The molecule has 2 unspecified atom stereocenters. The van der Waals surface area contributed by atoms with Gasteiger partial charge in [0.1, 0.15) is 0 Å². The Balaban J connectivity index is 1.63. The van der Waals surface area contributed by atoms with Crippen molar-refractivity contribution in [2.75, 3.05) is 6.61 Å². The van der Waals surface area contributed by atoms with E-state index in [4.69, 9.17) is 4.74 Å². The molecule has 6 nitrogen and oxygen atoms in total. The first-order chi connectivity index (χ1) is 9.39. The summed E-state index contributed by atoms with van der Waals surface area (Å²) in [5, 5.41) is 4.06. The van der Waals surface area contributed by atoms with Crippen LogP contribution < -0.4 is 10.6 Å². The molecule has 4 amide bonds. The highest BCUT2D eigenvalue weighted by Crippen LogP contribution is 2.59. The fourth-order valence-electron chi connectivity index (χ4n) is 3.48. The summed E-state index contributed by atoms with van der Waals surface area (Å²) in [6.45, 7) is 4.76. The molecule has 1 saturated carbocycles. The van der Waals surface area contributed by atoms with Crippen molar-refractivity contribution < 1.29 is 19.1 Å². The van der Waals surface area contributed by atoms with Crippen LogP contribution in [0.1, 0.15) is 26.7 Å². The average molecular weight is 278 g/mol. The third kappa shape index (κ3) is 1.95. The predicted octanol–water partition coefficient (Wildman–Crippen LogP) is 0.730. The Bertz CT molecular complexity index is 503. The van der Waals surface area contributed by atoms with E-state index in [0.29, 0.717) is 5.92 Å². The number of fused-ring (bicyclic) bond motifs is 1. The van der Waals surface area contributed by atoms with E-state index in [9.17, 15) is 14.4 Å². The highest BCUT2D eigenvalue weighted by atomic mass is 16.5. The highest BCUT2D eigenvalue weighted by Gasteiger charge is 2.51. The van der Waals surface area contributed by atoms with Gasteiger partial charge in [0, 0.05) is 0 Å². The number of hydrogen-bond donors (Lipinski definition) is 2. The van der Waals surface area contributed by atoms with Crippen LogP contribution in [0.25, 0.3) is 0 Å². The van der Waals surface area contributed by atoms with Gasteiger partial charge in [-0.05, 0) is 35.7 Å². The Morgan fingerprint density at radius 2 is 1.90 bits per heavy atom. The van der Waals surface area contributed by atoms with Crippen molar-refractivity contribution in [3.8, 4) is 0 Å². The summed E-state index contributed by atoms with van der Waals surface area (Å²) in [5.74, 6) is -0.186. The van der Waals surface area contributed by atoms with E-state index in [1.807, 2.05) is 10.6 Å². The normalized spacial score (nSPS) is 32.1. The van der Waals surface area contributed by atoms with E-state index in [1.54, 1.807) is 0 Å². The summed E-state index contributed by atoms with van der Waals surface area (Å²) in [4.78, 5) is 34.1. The van der Waals surface area contributed by atoms with Crippen molar-refractivity contribution in [1.29, 1.82) is 0 Å². The number of rotatable bonds is 3. The smallest absolute Gasteiger partial charge is 0.328 e. The molecule has 2 fully saturated rings. The van der Waals surface area contributed by atoms with Crippen LogP contribution in [0.2, 0.25) is 0 Å². The summed E-state index contributed by atoms with van der Waals surface area (Å²) in [5.41, 5.74) is 1.44. The van der Waals surface area contributed by atoms with Crippen LogP contribution in [0.15, 0.2) is 11.6 Å². The van der Waals surface area contributed by atoms with Gasteiger partial charge < -0.3 is 4.74 Å². The number of carbonyl (C=O) groups excluding carboxylic acids is 3. The van der Waals surface area contributed by atoms with Gasteiger partial charge in [0.05, 0.1) is 6.61 Å². The molecular formula is C14H18N2O4. The van der Waals surface area contributed by atoms with Crippen molar-refractivity contribution in [3.63, 3.8) is 0 Å². The van der Waals surface area contributed by atoms with E-state index in [-0.39, 0.29) is 12.0 Å². The van der Waals surface area contributed by atoms with Crippen LogP contribution in [0.5, 0.6) is 0 Å². The fourth-order valence-corrected chi connectivity index (χ4v) is 3.48. The number of imide groups is 2. The highest BCUT2D eigenvalue weighted by molar-refractivity contribution is 6.18. The van der Waals surface area contributed by atoms with Crippen LogP contribution >= 0.6 is 0 Å². The van der Waals surface area contributed by atoms with Gasteiger partial charge in [-0.3, -0.25) is 20.2 Å². The lowest BCUT2D eigenvalue weighted by molar-refractivity contribution is -0.145. The van der Waals surface area contributed by atoms with Crippen LogP contribution in [0.4, 0.5) is 4.79 Å². The van der Waals surface area contributed by atoms with Gasteiger partial charge in [0.2, 0.25) is 6.10 Å². The van der Waals surface area contributed by atoms with Gasteiger partial charge in [-0.25, -0.2) is 4.79 Å². The van der Waals surface area contributed by atoms with Gasteiger partial charge in [-0.1, -0.05) is 19.9 Å². The van der Waals surface area contributed by atoms with E-state index in [2.05, 4.69) is 19.9 Å². The van der Waals surface area contributed by atoms with Crippen LogP contribution in [0.3, 0.4) is 0 Å². The third-order valence-corrected chi connectivity index (χ3v) is 4.95. The topological polar surface area (TPSA) is 84.5 Å². The van der Waals surface area contributed by atoms with Crippen molar-refractivity contribution in [2.24, 2.45) is 17.3 Å². The Morgan fingerprint density at radius 3 is 2.45 bits per heavy atom. The summed E-state index contributed by atoms with van der Waals surface area (Å²) < 4.78 is 5.44. The van der Waals surface area contributed by atoms with E-state index in [0.717, 1.165) is 24.3 Å². The summed E-state index contributed by atoms with van der Waals surface area (Å²) >= 11 is 0. The number of amides is 4. The first-order valence-corrected chi connectivity index (χ1v) is 6.86. The molecule has 3 aliphatic carbocycles. The summed E-state index contributed by atoms with van der Waals surface area (Å²) in [6.07, 6.45) is 3.11. The lowest BCUT2D eigenvalue weighted by Gasteiger charge is -2.56. The number of ether oxygens (including phenoxy) is 1. The maximum atomic E-state index is 11.6. The van der Waals surface area contributed by atoms with E-state index >= 15 is 0 Å². The third-order valence-electron chi connectivity index (χ3n) is 4.95. The SMILES string of the molecule is CC1(C)C2CC=C(COC3C(=O)NC(=O)NC3=O)C1C2. The lowest BCUT2D eigenvalue weighted by atomic mass is 9.49. The number of nitrogens with one attached hydrogen (secondary N) is 2. The van der Waals surface area contributed by atoms with E-state index in [1.165, 1.54) is 0 Å². The second-order valence-corrected chi connectivity index (χ2v) is 6.32. The fraction of sp³-hybridized carbons (Fsp3) is 0.643. The lowest BCUT2D eigenvalue weighted by Crippen LogP contribution is -2.59. The standard InChI is InChI=1S/C14H18N2O4/c1-14(2)8-4-3-7(9(14)5-8)6-20-10-11(17)15-13(19)16-12(10)18/h3,8-10H,4-6H2,1-2H3,(H2,15,16,17,18,19). The molecule has 1 aliphatic heterocycles. The summed E-state index contributed by atoms with van der Waals surface area (Å²) in [6, 6.07) is -0.792. The summed E-state index contributed by atoms with van der Waals surface area (Å²) in [7, 11) is 0. The molecule has 1 heterocycles. The molecule has 1 saturated heterocycles. The first-order valence-electron chi connectivity index (χ1n) is 6.86. The zero-order valence-corrected chi connectivity index (χ0v) is 11.6. The number of allylic oxidation sites excluding steroid dienone is 1. The molecule has 0 aromatic heterocycles. The van der Waals surface area contributed by atoms with Crippen molar-refractivity contribution in [1.82, 2.24) is 10.6 Å². The molecule has 6 heteroatoms. The molecule has 0 aromatic rings. The Kier molecular flexibility index (Phi) is 2.93. The van der Waals surface area contributed by atoms with Gasteiger partial charge in [-0.2, -0.15) is 0 Å². The minimum Gasteiger partial charge on any atom is -0.354 e. The van der Waals surface area contributed by atoms with Crippen LogP contribution in [0, 0.1) is 17.3 Å². The van der Waals surface area contributed by atoms with Gasteiger partial charge in [0.25, 0.3) is 11.8 Å². The van der Waals surface area contributed by atoms with Crippen LogP contribution in [-0.2, 0) is 14.3 Å². The van der Waals surface area contributed by atoms with Crippen LogP contribution in [-0.4, -0.2) is 30.6 Å². The largest absolute Gasteiger partial charge is 0.354 e. The predicted molar refractivity (Wildman–Crippen MR) is 69.5 cm³/mol. The second kappa shape index (κ2) is 4.41. The molecule has 20 heavy (non-hydrogen) atoms. The molecule has 2 bridgehead atoms. The van der Waals surface area contributed by atoms with Crippen molar-refractivity contribution in [2.45, 2.75) is 32.8 Å². The Labute approximate surface area is 116 Å². The van der Waals surface area contributed by atoms with Gasteiger partial charge in [0.15, 0.2) is 0 Å². The van der Waals surface area contributed by atoms with Gasteiger partial charge >= 0.3 is 6.03 Å². The Hall–Kier alpha value is -1.69. The second-order valence-electron chi connectivity index (χ2n) is 6.32. The zero-order chi connectivity index (χ0) is 14.5. The quantitative estimate of drug-likeness (QED) is 0.589.